The molecule has 1 N–H and O–H groups in total. The first kappa shape index (κ1) is 17.9. The Kier molecular flexibility index (Phi) is 5.49. The number of esters is 1. The Morgan fingerprint density at radius 2 is 1.65 bits per heavy atom. The Bertz CT molecular complexity index is 988. The largest absolute Gasteiger partial charge is 0.464 e. The minimum Gasteiger partial charge on any atom is -0.464 e. The number of hydrogen-bond acceptors (Lipinski definition) is 3. The highest BCUT2D eigenvalue weighted by molar-refractivity contribution is 9.10. The van der Waals surface area contributed by atoms with Crippen molar-refractivity contribution in [3.63, 3.8) is 0 Å². The first-order valence-corrected chi connectivity index (χ1v) is 8.72. The Balaban J connectivity index is 1.95. The molecular weight excluding hydrogens is 394 g/mol. The van der Waals surface area contributed by atoms with E-state index in [9.17, 15) is 9.59 Å². The molecule has 3 rings (SSSR count). The molecule has 0 saturated heterocycles. The minimum absolute atomic E-state index is 0.0766. The van der Waals surface area contributed by atoms with Gasteiger partial charge in [0.05, 0.1) is 7.11 Å². The third-order valence-corrected chi connectivity index (χ3v) is 4.40. The summed E-state index contributed by atoms with van der Waals surface area (Å²) in [4.78, 5) is 24.9. The van der Waals surface area contributed by atoms with E-state index in [2.05, 4.69) is 21.2 Å². The van der Waals surface area contributed by atoms with Crippen LogP contribution in [0.25, 0.3) is 16.8 Å². The van der Waals surface area contributed by atoms with Crippen LogP contribution in [0.1, 0.15) is 15.9 Å². The number of amides is 1. The van der Waals surface area contributed by atoms with Crippen molar-refractivity contribution < 1.29 is 14.3 Å². The third-order valence-electron chi connectivity index (χ3n) is 3.87. The van der Waals surface area contributed by atoms with Gasteiger partial charge < -0.3 is 10.1 Å². The van der Waals surface area contributed by atoms with Crippen molar-refractivity contribution in [2.24, 2.45) is 0 Å². The number of methoxy groups -OCH3 is 1. The molecule has 130 valence electrons. The third kappa shape index (κ3) is 4.00. The van der Waals surface area contributed by atoms with Gasteiger partial charge in [-0.15, -0.1) is 0 Å². The highest BCUT2D eigenvalue weighted by atomic mass is 79.9. The molecule has 0 aliphatic carbocycles. The van der Waals surface area contributed by atoms with Crippen molar-refractivity contribution in [1.82, 2.24) is 5.32 Å². The van der Waals surface area contributed by atoms with E-state index in [1.807, 2.05) is 60.7 Å². The number of ether oxygens (including phenoxy) is 1. The lowest BCUT2D eigenvalue weighted by Gasteiger charge is -2.10. The van der Waals surface area contributed by atoms with E-state index in [0.717, 1.165) is 20.8 Å². The number of nitrogens with one attached hydrogen (secondary N) is 1. The lowest BCUT2D eigenvalue weighted by molar-refractivity contribution is -0.136. The zero-order valence-corrected chi connectivity index (χ0v) is 15.6. The van der Waals surface area contributed by atoms with Crippen LogP contribution in [-0.4, -0.2) is 19.0 Å². The van der Waals surface area contributed by atoms with Gasteiger partial charge in [0.1, 0.15) is 5.70 Å². The molecule has 26 heavy (non-hydrogen) atoms. The van der Waals surface area contributed by atoms with Gasteiger partial charge in [0, 0.05) is 10.0 Å². The van der Waals surface area contributed by atoms with Crippen LogP contribution in [0.4, 0.5) is 0 Å². The fraction of sp³-hybridized carbons (Fsp3) is 0.0476. The van der Waals surface area contributed by atoms with E-state index in [1.165, 1.54) is 7.11 Å². The summed E-state index contributed by atoms with van der Waals surface area (Å²) in [6.07, 6.45) is 1.58. The second-order valence-corrected chi connectivity index (χ2v) is 6.50. The predicted molar refractivity (Wildman–Crippen MR) is 106 cm³/mol. The number of carbonyl (C=O) groups excluding carboxylic acids is 2. The van der Waals surface area contributed by atoms with E-state index < -0.39 is 5.97 Å². The second-order valence-electron chi connectivity index (χ2n) is 5.58. The molecule has 0 radical (unpaired) electrons. The first-order valence-electron chi connectivity index (χ1n) is 7.93. The summed E-state index contributed by atoms with van der Waals surface area (Å²) in [6.45, 7) is 0. The van der Waals surface area contributed by atoms with Crippen molar-refractivity contribution in [1.29, 1.82) is 0 Å². The standard InChI is InChI=1S/C21H16BrNO3/c1-26-21(25)19(13-14-9-11-16(22)12-10-14)23-20(24)18-8-4-6-15-5-2-3-7-17(15)18/h2-13H,1H3,(H,23,24)/b19-13-. The van der Waals surface area contributed by atoms with Gasteiger partial charge in [-0.1, -0.05) is 64.5 Å². The molecule has 0 aromatic heterocycles. The molecule has 0 spiro atoms. The quantitative estimate of drug-likeness (QED) is 0.507. The lowest BCUT2D eigenvalue weighted by atomic mass is 10.0. The Morgan fingerprint density at radius 1 is 0.962 bits per heavy atom. The van der Waals surface area contributed by atoms with Crippen LogP contribution in [0.2, 0.25) is 0 Å². The van der Waals surface area contributed by atoms with Crippen LogP contribution < -0.4 is 5.32 Å². The van der Waals surface area contributed by atoms with Crippen molar-refractivity contribution in [3.05, 3.63) is 88.0 Å². The number of carbonyl (C=O) groups is 2. The summed E-state index contributed by atoms with van der Waals surface area (Å²) in [5.41, 5.74) is 1.34. The van der Waals surface area contributed by atoms with Crippen molar-refractivity contribution in [2.75, 3.05) is 7.11 Å². The minimum atomic E-state index is -0.610. The van der Waals surface area contributed by atoms with Crippen LogP contribution in [-0.2, 0) is 9.53 Å². The van der Waals surface area contributed by atoms with Gasteiger partial charge >= 0.3 is 5.97 Å². The summed E-state index contributed by atoms with van der Waals surface area (Å²) < 4.78 is 5.73. The van der Waals surface area contributed by atoms with Crippen molar-refractivity contribution in [3.8, 4) is 0 Å². The summed E-state index contributed by atoms with van der Waals surface area (Å²) in [5.74, 6) is -0.975. The van der Waals surface area contributed by atoms with Gasteiger partial charge in [-0.3, -0.25) is 4.79 Å². The second kappa shape index (κ2) is 7.97. The molecule has 3 aromatic carbocycles. The number of halogens is 1. The fourth-order valence-corrected chi connectivity index (χ4v) is 2.86. The molecule has 4 nitrogen and oxygen atoms in total. The molecule has 0 bridgehead atoms. The van der Waals surface area contributed by atoms with Crippen LogP contribution in [0.5, 0.6) is 0 Å². The normalized spacial score (nSPS) is 11.2. The van der Waals surface area contributed by atoms with E-state index in [0.29, 0.717) is 5.56 Å². The maximum atomic E-state index is 12.8. The number of benzene rings is 3. The van der Waals surface area contributed by atoms with E-state index >= 15 is 0 Å². The molecule has 0 aliphatic rings. The van der Waals surface area contributed by atoms with Crippen LogP contribution in [0.15, 0.2) is 76.9 Å². The van der Waals surface area contributed by atoms with Crippen LogP contribution in [0.3, 0.4) is 0 Å². The highest BCUT2D eigenvalue weighted by Crippen LogP contribution is 2.19. The monoisotopic (exact) mass is 409 g/mol. The SMILES string of the molecule is COC(=O)/C(=C/c1ccc(Br)cc1)NC(=O)c1cccc2ccccc12. The molecule has 0 heterocycles. The Hall–Kier alpha value is -2.92. The predicted octanol–water partition coefficient (Wildman–Crippen LogP) is 4.55. The van der Waals surface area contributed by atoms with Gasteiger partial charge in [0.2, 0.25) is 0 Å². The maximum Gasteiger partial charge on any atom is 0.354 e. The summed E-state index contributed by atoms with van der Waals surface area (Å²) >= 11 is 3.37. The lowest BCUT2D eigenvalue weighted by Crippen LogP contribution is -2.28. The molecule has 3 aromatic rings. The molecular formula is C21H16BrNO3. The molecule has 0 saturated carbocycles. The zero-order valence-electron chi connectivity index (χ0n) is 14.0. The molecule has 0 atom stereocenters. The maximum absolute atomic E-state index is 12.8. The van der Waals surface area contributed by atoms with E-state index in [-0.39, 0.29) is 11.6 Å². The number of hydrogen-bond donors (Lipinski definition) is 1. The van der Waals surface area contributed by atoms with Gasteiger partial charge in [-0.25, -0.2) is 4.79 Å². The Labute approximate surface area is 159 Å². The van der Waals surface area contributed by atoms with Crippen LogP contribution in [0, 0.1) is 0 Å². The van der Waals surface area contributed by atoms with Crippen molar-refractivity contribution in [2.45, 2.75) is 0 Å². The average molecular weight is 410 g/mol. The summed E-state index contributed by atoms with van der Waals surface area (Å²) in [7, 11) is 1.28. The van der Waals surface area contributed by atoms with E-state index in [1.54, 1.807) is 12.1 Å². The Morgan fingerprint density at radius 3 is 2.38 bits per heavy atom. The molecule has 5 heteroatoms. The zero-order chi connectivity index (χ0) is 18.5. The van der Waals surface area contributed by atoms with Gasteiger partial charge in [-0.05, 0) is 40.6 Å². The molecule has 0 aliphatic heterocycles. The van der Waals surface area contributed by atoms with Gasteiger partial charge in [0.25, 0.3) is 5.91 Å². The number of rotatable bonds is 4. The number of fused-ring (bicyclic) bond motifs is 1. The molecule has 1 amide bonds. The summed E-state index contributed by atoms with van der Waals surface area (Å²) in [5, 5.41) is 4.45. The highest BCUT2D eigenvalue weighted by Gasteiger charge is 2.16. The average Bonchev–Trinajstić information content (AvgIpc) is 2.68. The van der Waals surface area contributed by atoms with Gasteiger partial charge in [0.15, 0.2) is 0 Å². The van der Waals surface area contributed by atoms with E-state index in [4.69, 9.17) is 4.74 Å². The molecule has 0 unspecified atom stereocenters. The first-order chi connectivity index (χ1) is 12.6. The fourth-order valence-electron chi connectivity index (χ4n) is 2.59. The van der Waals surface area contributed by atoms with Crippen molar-refractivity contribution >= 4 is 44.7 Å². The van der Waals surface area contributed by atoms with Crippen LogP contribution >= 0.6 is 15.9 Å². The van der Waals surface area contributed by atoms with Gasteiger partial charge in [-0.2, -0.15) is 0 Å². The smallest absolute Gasteiger partial charge is 0.354 e. The summed E-state index contributed by atoms with van der Waals surface area (Å²) in [6, 6.07) is 20.4. The molecule has 0 fully saturated rings. The topological polar surface area (TPSA) is 55.4 Å².